The fourth-order valence-corrected chi connectivity index (χ4v) is 5.90. The molecule has 0 atom stereocenters. The van der Waals surface area contributed by atoms with Crippen LogP contribution in [0.3, 0.4) is 0 Å². The monoisotopic (exact) mass is 529 g/mol. The molecule has 2 heterocycles. The first-order valence-electron chi connectivity index (χ1n) is 12.6. The van der Waals surface area contributed by atoms with Gasteiger partial charge in [0.2, 0.25) is 0 Å². The van der Waals surface area contributed by atoms with Crippen LogP contribution < -0.4 is 10.6 Å². The molecule has 0 spiro atoms. The van der Waals surface area contributed by atoms with Crippen LogP contribution in [0.4, 0.5) is 9.80 Å². The van der Waals surface area contributed by atoms with Gasteiger partial charge in [-0.15, -0.1) is 11.3 Å². The maximum atomic E-state index is 13.0. The normalized spacial score (nSPS) is 15.8. The van der Waals surface area contributed by atoms with Crippen LogP contribution >= 0.6 is 11.3 Å². The lowest BCUT2D eigenvalue weighted by atomic mass is 9.95. The molecule has 9 heteroatoms. The van der Waals surface area contributed by atoms with E-state index in [-0.39, 0.29) is 24.8 Å². The first kappa shape index (κ1) is 25.4. The quantitative estimate of drug-likeness (QED) is 0.250. The molecule has 8 nitrogen and oxygen atoms in total. The summed E-state index contributed by atoms with van der Waals surface area (Å²) in [5, 5.41) is 6.04. The Morgan fingerprint density at radius 3 is 2.53 bits per heavy atom. The number of urea groups is 1. The van der Waals surface area contributed by atoms with Crippen molar-refractivity contribution in [1.82, 2.24) is 10.2 Å². The van der Waals surface area contributed by atoms with Gasteiger partial charge in [0, 0.05) is 10.4 Å². The van der Waals surface area contributed by atoms with Gasteiger partial charge in [-0.2, -0.15) is 0 Å². The molecule has 194 valence electrons. The van der Waals surface area contributed by atoms with Crippen molar-refractivity contribution in [3.05, 3.63) is 93.0 Å². The van der Waals surface area contributed by atoms with Crippen LogP contribution in [0.2, 0.25) is 0 Å². The molecule has 1 saturated heterocycles. The Labute approximate surface area is 224 Å². The number of ether oxygens (including phenoxy) is 1. The Hall–Kier alpha value is -4.24. The molecular formula is C29H27N3O5S. The SMILES string of the molecule is CCOC(=O)c1c(NC(=O)c2ccc(CN3C(=O)N/C(=C\c4ccccc4)C3=O)cc2)sc2c1CCCC2. The molecule has 0 unspecified atom stereocenters. The van der Waals surface area contributed by atoms with E-state index in [4.69, 9.17) is 4.74 Å². The maximum Gasteiger partial charge on any atom is 0.341 e. The number of amides is 4. The molecule has 1 aliphatic carbocycles. The third kappa shape index (κ3) is 5.24. The summed E-state index contributed by atoms with van der Waals surface area (Å²) in [5.74, 6) is -1.16. The van der Waals surface area contributed by atoms with E-state index < -0.39 is 17.9 Å². The number of nitrogens with zero attached hydrogens (tertiary/aromatic N) is 1. The number of imide groups is 1. The first-order valence-corrected chi connectivity index (χ1v) is 13.4. The van der Waals surface area contributed by atoms with Gasteiger partial charge < -0.3 is 15.4 Å². The molecule has 2 aromatic carbocycles. The number of esters is 1. The summed E-state index contributed by atoms with van der Waals surface area (Å²) in [6.07, 6.45) is 5.40. The highest BCUT2D eigenvalue weighted by Crippen LogP contribution is 2.38. The second-order valence-electron chi connectivity index (χ2n) is 9.08. The largest absolute Gasteiger partial charge is 0.462 e. The number of carbonyl (C=O) groups is 4. The highest BCUT2D eigenvalue weighted by atomic mass is 32.1. The predicted octanol–water partition coefficient (Wildman–Crippen LogP) is 5.15. The van der Waals surface area contributed by atoms with Gasteiger partial charge in [-0.3, -0.25) is 14.5 Å². The van der Waals surface area contributed by atoms with Crippen LogP contribution in [0.15, 0.2) is 60.3 Å². The third-order valence-corrected chi connectivity index (χ3v) is 7.71. The molecule has 4 amide bonds. The molecule has 0 bridgehead atoms. The standard InChI is InChI=1S/C29H27N3O5S/c1-2-37-28(35)24-21-10-6-7-11-23(21)38-26(24)31-25(33)20-14-12-19(13-15-20)17-32-27(34)22(30-29(32)36)16-18-8-4-3-5-9-18/h3-5,8-9,12-16H,2,6-7,10-11,17H2,1H3,(H,30,36)(H,31,33)/b22-16-. The number of anilines is 1. The van der Waals surface area contributed by atoms with Gasteiger partial charge in [-0.05, 0) is 67.5 Å². The molecule has 1 aromatic heterocycles. The van der Waals surface area contributed by atoms with Gasteiger partial charge in [0.15, 0.2) is 0 Å². The van der Waals surface area contributed by atoms with Crippen LogP contribution in [-0.4, -0.2) is 35.3 Å². The molecule has 2 N–H and O–H groups in total. The zero-order valence-corrected chi connectivity index (χ0v) is 21.7. The molecule has 1 fully saturated rings. The number of benzene rings is 2. The van der Waals surface area contributed by atoms with E-state index in [2.05, 4.69) is 10.6 Å². The van der Waals surface area contributed by atoms with Crippen molar-refractivity contribution in [2.75, 3.05) is 11.9 Å². The Bertz CT molecular complexity index is 1430. The molecule has 3 aromatic rings. The number of fused-ring (bicyclic) bond motifs is 1. The lowest BCUT2D eigenvalue weighted by molar-refractivity contribution is -0.123. The summed E-state index contributed by atoms with van der Waals surface area (Å²) in [5.41, 5.74) is 3.58. The van der Waals surface area contributed by atoms with Gasteiger partial charge in [0.1, 0.15) is 10.7 Å². The Balaban J connectivity index is 1.28. The van der Waals surface area contributed by atoms with Crippen molar-refractivity contribution >= 4 is 46.2 Å². The molecule has 0 radical (unpaired) electrons. The zero-order chi connectivity index (χ0) is 26.6. The minimum absolute atomic E-state index is 0.0728. The second-order valence-corrected chi connectivity index (χ2v) is 10.2. The Morgan fingerprint density at radius 2 is 1.79 bits per heavy atom. The number of hydrogen-bond donors (Lipinski definition) is 2. The summed E-state index contributed by atoms with van der Waals surface area (Å²) < 4.78 is 5.27. The molecule has 2 aliphatic rings. The number of rotatable bonds is 7. The van der Waals surface area contributed by atoms with Gasteiger partial charge in [0.05, 0.1) is 18.7 Å². The zero-order valence-electron chi connectivity index (χ0n) is 20.9. The topological polar surface area (TPSA) is 105 Å². The smallest absolute Gasteiger partial charge is 0.341 e. The van der Waals surface area contributed by atoms with E-state index in [1.54, 1.807) is 37.3 Å². The van der Waals surface area contributed by atoms with Crippen molar-refractivity contribution < 1.29 is 23.9 Å². The van der Waals surface area contributed by atoms with E-state index in [0.717, 1.165) is 46.6 Å². The van der Waals surface area contributed by atoms with Crippen molar-refractivity contribution in [2.24, 2.45) is 0 Å². The Kier molecular flexibility index (Phi) is 7.37. The molecule has 38 heavy (non-hydrogen) atoms. The number of thiophene rings is 1. The lowest BCUT2D eigenvalue weighted by Crippen LogP contribution is -2.30. The minimum atomic E-state index is -0.493. The minimum Gasteiger partial charge on any atom is -0.462 e. The van der Waals surface area contributed by atoms with Gasteiger partial charge in [-0.1, -0.05) is 42.5 Å². The first-order chi connectivity index (χ1) is 18.4. The van der Waals surface area contributed by atoms with Gasteiger partial charge in [0.25, 0.3) is 11.8 Å². The average molecular weight is 530 g/mol. The van der Waals surface area contributed by atoms with E-state index in [1.807, 2.05) is 30.3 Å². The fourth-order valence-electron chi connectivity index (χ4n) is 4.62. The fraction of sp³-hybridized carbons (Fsp3) is 0.241. The van der Waals surface area contributed by atoms with Crippen LogP contribution in [0.1, 0.15) is 62.0 Å². The van der Waals surface area contributed by atoms with Crippen molar-refractivity contribution in [2.45, 2.75) is 39.2 Å². The number of hydrogen-bond acceptors (Lipinski definition) is 6. The molecule has 0 saturated carbocycles. The highest BCUT2D eigenvalue weighted by molar-refractivity contribution is 7.17. The van der Waals surface area contributed by atoms with Crippen molar-refractivity contribution in [1.29, 1.82) is 0 Å². The second kappa shape index (κ2) is 11.0. The number of aryl methyl sites for hydroxylation is 1. The van der Waals surface area contributed by atoms with E-state index in [0.29, 0.717) is 21.7 Å². The average Bonchev–Trinajstić information content (AvgIpc) is 3.41. The third-order valence-electron chi connectivity index (χ3n) is 6.51. The Morgan fingerprint density at radius 1 is 1.05 bits per heavy atom. The van der Waals surface area contributed by atoms with Crippen molar-refractivity contribution in [3.8, 4) is 0 Å². The van der Waals surface area contributed by atoms with E-state index in [1.165, 1.54) is 11.3 Å². The predicted molar refractivity (Wildman–Crippen MR) is 145 cm³/mol. The molecular weight excluding hydrogens is 502 g/mol. The van der Waals surface area contributed by atoms with Gasteiger partial charge >= 0.3 is 12.0 Å². The van der Waals surface area contributed by atoms with Crippen molar-refractivity contribution in [3.63, 3.8) is 0 Å². The van der Waals surface area contributed by atoms with Crippen LogP contribution in [0.5, 0.6) is 0 Å². The highest BCUT2D eigenvalue weighted by Gasteiger charge is 2.33. The summed E-state index contributed by atoms with van der Waals surface area (Å²) in [7, 11) is 0. The number of carbonyl (C=O) groups excluding carboxylic acids is 4. The van der Waals surface area contributed by atoms with Crippen LogP contribution in [0, 0.1) is 0 Å². The van der Waals surface area contributed by atoms with Crippen LogP contribution in [-0.2, 0) is 28.9 Å². The van der Waals surface area contributed by atoms with Crippen LogP contribution in [0.25, 0.3) is 6.08 Å². The number of nitrogens with one attached hydrogen (secondary N) is 2. The summed E-state index contributed by atoms with van der Waals surface area (Å²) >= 11 is 1.44. The lowest BCUT2D eigenvalue weighted by Gasteiger charge is -2.13. The van der Waals surface area contributed by atoms with Gasteiger partial charge in [-0.25, -0.2) is 9.59 Å². The van der Waals surface area contributed by atoms with E-state index >= 15 is 0 Å². The summed E-state index contributed by atoms with van der Waals surface area (Å²) in [6, 6.07) is 15.5. The summed E-state index contributed by atoms with van der Waals surface area (Å²) in [6.45, 7) is 2.10. The van der Waals surface area contributed by atoms with E-state index in [9.17, 15) is 19.2 Å². The maximum absolute atomic E-state index is 13.0. The summed E-state index contributed by atoms with van der Waals surface area (Å²) in [4.78, 5) is 53.2. The molecule has 5 rings (SSSR count). The molecule has 1 aliphatic heterocycles.